The molecule has 1 aromatic carbocycles. The normalized spacial score (nSPS) is 19.7. The van der Waals surface area contributed by atoms with Crippen LogP contribution in [0.4, 0.5) is 5.69 Å². The van der Waals surface area contributed by atoms with E-state index in [1.807, 2.05) is 25.1 Å². The molecule has 3 heterocycles. The zero-order valence-electron chi connectivity index (χ0n) is 18.0. The SMILES string of the molecule is Cc1ccc2c(c1)C(=O)N(C(C)C(=O)Nc1cnn(C)c1)CC1(CCN(C)CC1)O2. The van der Waals surface area contributed by atoms with Crippen LogP contribution in [0.3, 0.4) is 0 Å². The Balaban J connectivity index is 1.66. The van der Waals surface area contributed by atoms with Crippen molar-refractivity contribution in [3.63, 3.8) is 0 Å². The summed E-state index contributed by atoms with van der Waals surface area (Å²) in [5, 5.41) is 6.95. The molecule has 0 saturated carbocycles. The summed E-state index contributed by atoms with van der Waals surface area (Å²) >= 11 is 0. The number of hydrogen-bond donors (Lipinski definition) is 1. The number of rotatable bonds is 3. The summed E-state index contributed by atoms with van der Waals surface area (Å²) in [6.07, 6.45) is 4.93. The van der Waals surface area contributed by atoms with Crippen molar-refractivity contribution in [2.24, 2.45) is 7.05 Å². The first kappa shape index (κ1) is 20.4. The monoisotopic (exact) mass is 411 g/mol. The van der Waals surface area contributed by atoms with Gasteiger partial charge in [-0.25, -0.2) is 0 Å². The number of fused-ring (bicyclic) bond motifs is 1. The lowest BCUT2D eigenvalue weighted by Gasteiger charge is -2.42. The maximum absolute atomic E-state index is 13.5. The van der Waals surface area contributed by atoms with Gasteiger partial charge in [-0.15, -0.1) is 0 Å². The Labute approximate surface area is 176 Å². The number of nitrogens with zero attached hydrogens (tertiary/aromatic N) is 4. The molecule has 0 bridgehead atoms. The number of ether oxygens (including phenoxy) is 1. The average Bonchev–Trinajstić information content (AvgIpc) is 3.08. The second-order valence-electron chi connectivity index (χ2n) is 8.59. The van der Waals surface area contributed by atoms with Crippen LogP contribution in [0, 0.1) is 6.92 Å². The Morgan fingerprint density at radius 1 is 1.27 bits per heavy atom. The van der Waals surface area contributed by atoms with E-state index in [-0.39, 0.29) is 11.8 Å². The molecule has 4 rings (SSSR count). The number of anilines is 1. The lowest BCUT2D eigenvalue weighted by molar-refractivity contribution is -0.121. The molecule has 1 N–H and O–H groups in total. The van der Waals surface area contributed by atoms with Crippen LogP contribution in [0.25, 0.3) is 0 Å². The quantitative estimate of drug-likeness (QED) is 0.836. The van der Waals surface area contributed by atoms with Crippen LogP contribution in [-0.4, -0.2) is 69.7 Å². The van der Waals surface area contributed by atoms with Gasteiger partial charge in [-0.1, -0.05) is 11.6 Å². The fourth-order valence-corrected chi connectivity index (χ4v) is 4.18. The van der Waals surface area contributed by atoms with Crippen molar-refractivity contribution < 1.29 is 14.3 Å². The van der Waals surface area contributed by atoms with E-state index in [4.69, 9.17) is 4.74 Å². The van der Waals surface area contributed by atoms with E-state index >= 15 is 0 Å². The van der Waals surface area contributed by atoms with Crippen molar-refractivity contribution in [2.45, 2.75) is 38.3 Å². The molecule has 1 atom stereocenters. The van der Waals surface area contributed by atoms with Crippen LogP contribution in [-0.2, 0) is 11.8 Å². The third-order valence-corrected chi connectivity index (χ3v) is 6.13. The van der Waals surface area contributed by atoms with Crippen LogP contribution in [0.2, 0.25) is 0 Å². The van der Waals surface area contributed by atoms with Gasteiger partial charge in [0.1, 0.15) is 17.4 Å². The van der Waals surface area contributed by atoms with Crippen molar-refractivity contribution in [2.75, 3.05) is 32.0 Å². The summed E-state index contributed by atoms with van der Waals surface area (Å²) < 4.78 is 8.13. The summed E-state index contributed by atoms with van der Waals surface area (Å²) in [7, 11) is 3.88. The summed E-state index contributed by atoms with van der Waals surface area (Å²) in [6.45, 7) is 5.88. The Bertz CT molecular complexity index is 961. The highest BCUT2D eigenvalue weighted by Crippen LogP contribution is 2.36. The van der Waals surface area contributed by atoms with Gasteiger partial charge in [-0.05, 0) is 33.0 Å². The van der Waals surface area contributed by atoms with Crippen LogP contribution in [0.5, 0.6) is 5.75 Å². The van der Waals surface area contributed by atoms with Gasteiger partial charge in [-0.3, -0.25) is 14.3 Å². The zero-order valence-corrected chi connectivity index (χ0v) is 18.0. The molecule has 1 fully saturated rings. The average molecular weight is 412 g/mol. The fraction of sp³-hybridized carbons (Fsp3) is 0.500. The van der Waals surface area contributed by atoms with Gasteiger partial charge in [0.15, 0.2) is 0 Å². The van der Waals surface area contributed by atoms with E-state index in [2.05, 4.69) is 22.4 Å². The smallest absolute Gasteiger partial charge is 0.258 e. The molecule has 2 amide bonds. The summed E-state index contributed by atoms with van der Waals surface area (Å²) in [5.74, 6) is 0.200. The Morgan fingerprint density at radius 2 is 2.00 bits per heavy atom. The second-order valence-corrected chi connectivity index (χ2v) is 8.59. The van der Waals surface area contributed by atoms with E-state index in [0.717, 1.165) is 31.5 Å². The predicted octanol–water partition coefficient (Wildman–Crippen LogP) is 2.05. The summed E-state index contributed by atoms with van der Waals surface area (Å²) in [4.78, 5) is 30.4. The van der Waals surface area contributed by atoms with Crippen LogP contribution in [0.1, 0.15) is 35.7 Å². The minimum atomic E-state index is -0.649. The molecule has 1 spiro atoms. The number of aryl methyl sites for hydroxylation is 2. The van der Waals surface area contributed by atoms with Crippen molar-refractivity contribution in [3.05, 3.63) is 41.7 Å². The van der Waals surface area contributed by atoms with Gasteiger partial charge in [0.25, 0.3) is 5.91 Å². The molecular formula is C22H29N5O3. The second kappa shape index (κ2) is 7.75. The Morgan fingerprint density at radius 3 is 2.67 bits per heavy atom. The van der Waals surface area contributed by atoms with Gasteiger partial charge in [0.05, 0.1) is 24.0 Å². The number of hydrogen-bond acceptors (Lipinski definition) is 5. The molecule has 160 valence electrons. The third-order valence-electron chi connectivity index (χ3n) is 6.13. The third kappa shape index (κ3) is 3.92. The topological polar surface area (TPSA) is 79.7 Å². The molecule has 1 aromatic heterocycles. The first-order valence-electron chi connectivity index (χ1n) is 10.3. The molecule has 2 aromatic rings. The lowest BCUT2D eigenvalue weighted by atomic mass is 9.90. The molecule has 0 radical (unpaired) electrons. The Hall–Kier alpha value is -2.87. The van der Waals surface area contributed by atoms with E-state index in [1.165, 1.54) is 0 Å². The number of nitrogens with one attached hydrogen (secondary N) is 1. The first-order chi connectivity index (χ1) is 14.3. The van der Waals surface area contributed by atoms with Gasteiger partial charge < -0.3 is 19.9 Å². The van der Waals surface area contributed by atoms with Gasteiger partial charge in [-0.2, -0.15) is 5.10 Å². The van der Waals surface area contributed by atoms with Crippen LogP contribution in [0.15, 0.2) is 30.6 Å². The van der Waals surface area contributed by atoms with Gasteiger partial charge in [0.2, 0.25) is 5.91 Å². The zero-order chi connectivity index (χ0) is 21.5. The van der Waals surface area contributed by atoms with Crippen molar-refractivity contribution in [3.8, 4) is 5.75 Å². The molecule has 1 unspecified atom stereocenters. The molecule has 8 nitrogen and oxygen atoms in total. The molecule has 2 aliphatic rings. The number of benzene rings is 1. The summed E-state index contributed by atoms with van der Waals surface area (Å²) in [6, 6.07) is 5.05. The van der Waals surface area contributed by atoms with Crippen molar-refractivity contribution >= 4 is 17.5 Å². The fourth-order valence-electron chi connectivity index (χ4n) is 4.18. The van der Waals surface area contributed by atoms with E-state index in [0.29, 0.717) is 23.5 Å². The number of likely N-dealkylation sites (tertiary alicyclic amines) is 1. The number of piperidine rings is 1. The molecule has 30 heavy (non-hydrogen) atoms. The summed E-state index contributed by atoms with van der Waals surface area (Å²) in [5.41, 5.74) is 1.62. The highest BCUT2D eigenvalue weighted by Gasteiger charge is 2.44. The molecule has 8 heteroatoms. The first-order valence-corrected chi connectivity index (χ1v) is 10.3. The minimum Gasteiger partial charge on any atom is -0.484 e. The van der Waals surface area contributed by atoms with E-state index < -0.39 is 11.6 Å². The highest BCUT2D eigenvalue weighted by atomic mass is 16.5. The van der Waals surface area contributed by atoms with Gasteiger partial charge in [0, 0.05) is 39.2 Å². The van der Waals surface area contributed by atoms with Crippen LogP contribution >= 0.6 is 0 Å². The highest BCUT2D eigenvalue weighted by molar-refractivity contribution is 6.02. The standard InChI is InChI=1S/C22H29N5O3/c1-15-5-6-19-18(11-15)21(29)27(14-22(30-19)7-9-25(3)10-8-22)16(2)20(28)24-17-12-23-26(4)13-17/h5-6,11-13,16H,7-10,14H2,1-4H3,(H,24,28). The van der Waals surface area contributed by atoms with E-state index in [1.54, 1.807) is 35.9 Å². The number of carbonyl (C=O) groups is 2. The maximum atomic E-state index is 13.5. The predicted molar refractivity (Wildman–Crippen MR) is 114 cm³/mol. The minimum absolute atomic E-state index is 0.168. The van der Waals surface area contributed by atoms with Crippen molar-refractivity contribution in [1.29, 1.82) is 0 Å². The van der Waals surface area contributed by atoms with E-state index in [9.17, 15) is 9.59 Å². The van der Waals surface area contributed by atoms with Crippen LogP contribution < -0.4 is 10.1 Å². The molecule has 1 saturated heterocycles. The lowest BCUT2D eigenvalue weighted by Crippen LogP contribution is -2.56. The Kier molecular flexibility index (Phi) is 5.27. The molecule has 2 aliphatic heterocycles. The number of amides is 2. The number of carbonyl (C=O) groups excluding carboxylic acids is 2. The molecule has 0 aliphatic carbocycles. The maximum Gasteiger partial charge on any atom is 0.258 e. The van der Waals surface area contributed by atoms with Crippen molar-refractivity contribution in [1.82, 2.24) is 19.6 Å². The van der Waals surface area contributed by atoms with Gasteiger partial charge >= 0.3 is 0 Å². The number of aromatic nitrogens is 2. The molecular weight excluding hydrogens is 382 g/mol. The largest absolute Gasteiger partial charge is 0.484 e.